The summed E-state index contributed by atoms with van der Waals surface area (Å²) in [5.41, 5.74) is 5.62. The summed E-state index contributed by atoms with van der Waals surface area (Å²) in [6.45, 7) is 1.72. The fourth-order valence-corrected chi connectivity index (χ4v) is 3.90. The molecule has 0 aromatic carbocycles. The fourth-order valence-electron chi connectivity index (χ4n) is 3.90. The Hall–Kier alpha value is -2.73. The van der Waals surface area contributed by atoms with Crippen LogP contribution in [0.1, 0.15) is 39.0 Å². The van der Waals surface area contributed by atoms with Crippen LogP contribution in [0.4, 0.5) is 0 Å². The van der Waals surface area contributed by atoms with Gasteiger partial charge in [-0.2, -0.15) is 0 Å². The Bertz CT molecular complexity index is 712. The number of carbonyl (C=O) groups excluding carboxylic acids is 3. The molecule has 3 amide bonds. The smallest absolute Gasteiger partial charge is 0.326 e. The summed E-state index contributed by atoms with van der Waals surface area (Å²) in [6, 6.07) is -4.65. The minimum atomic E-state index is -1.37. The lowest BCUT2D eigenvalue weighted by molar-refractivity contribution is -0.151. The van der Waals surface area contributed by atoms with E-state index in [1.54, 1.807) is 0 Å². The molecule has 30 heavy (non-hydrogen) atoms. The minimum Gasteiger partial charge on any atom is -0.481 e. The van der Waals surface area contributed by atoms with E-state index in [0.29, 0.717) is 19.3 Å². The van der Waals surface area contributed by atoms with Crippen LogP contribution >= 0.6 is 0 Å². The second-order valence-corrected chi connectivity index (χ2v) is 7.65. The van der Waals surface area contributed by atoms with Crippen LogP contribution in [0.25, 0.3) is 0 Å². The zero-order valence-corrected chi connectivity index (χ0v) is 16.7. The van der Waals surface area contributed by atoms with Gasteiger partial charge in [0.1, 0.15) is 18.1 Å². The van der Waals surface area contributed by atoms with Crippen molar-refractivity contribution in [2.24, 2.45) is 5.73 Å². The number of aliphatic hydroxyl groups excluding tert-OH is 1. The van der Waals surface area contributed by atoms with Crippen molar-refractivity contribution in [2.45, 2.75) is 69.3 Å². The molecule has 2 rings (SSSR count). The van der Waals surface area contributed by atoms with E-state index in [1.165, 1.54) is 11.8 Å². The molecule has 2 saturated heterocycles. The van der Waals surface area contributed by atoms with E-state index in [2.05, 4.69) is 5.32 Å². The summed E-state index contributed by atoms with van der Waals surface area (Å²) in [5.74, 6) is -4.47. The number of nitrogens with one attached hydrogen (secondary N) is 1. The zero-order valence-electron chi connectivity index (χ0n) is 16.7. The number of carbonyl (C=O) groups is 5. The van der Waals surface area contributed by atoms with Crippen LogP contribution in [0.2, 0.25) is 0 Å². The number of aliphatic hydroxyl groups is 1. The van der Waals surface area contributed by atoms with Gasteiger partial charge in [-0.25, -0.2) is 4.79 Å². The Kier molecular flexibility index (Phi) is 7.73. The van der Waals surface area contributed by atoms with E-state index in [9.17, 15) is 34.2 Å². The molecular weight excluding hydrogens is 400 g/mol. The molecule has 2 fully saturated rings. The van der Waals surface area contributed by atoms with Gasteiger partial charge in [-0.1, -0.05) is 0 Å². The number of likely N-dealkylation sites (tertiary alicyclic amines) is 2. The van der Waals surface area contributed by atoms with Gasteiger partial charge in [-0.15, -0.1) is 0 Å². The second-order valence-electron chi connectivity index (χ2n) is 7.65. The van der Waals surface area contributed by atoms with Gasteiger partial charge >= 0.3 is 11.9 Å². The number of nitrogens with two attached hydrogens (primary N) is 1. The van der Waals surface area contributed by atoms with Gasteiger partial charge in [0, 0.05) is 13.1 Å². The van der Waals surface area contributed by atoms with Crippen molar-refractivity contribution in [2.75, 3.05) is 13.1 Å². The first-order chi connectivity index (χ1) is 14.0. The van der Waals surface area contributed by atoms with Crippen molar-refractivity contribution < 1.29 is 39.3 Å². The molecule has 2 aliphatic heterocycles. The summed E-state index contributed by atoms with van der Waals surface area (Å²) in [6.07, 6.45) is -0.312. The number of nitrogens with zero attached hydrogens (tertiary/aromatic N) is 2. The average Bonchev–Trinajstić information content (AvgIpc) is 3.33. The molecule has 12 nitrogen and oxygen atoms in total. The third-order valence-corrected chi connectivity index (χ3v) is 5.42. The molecule has 0 radical (unpaired) electrons. The van der Waals surface area contributed by atoms with Crippen molar-refractivity contribution in [1.82, 2.24) is 15.1 Å². The highest BCUT2D eigenvalue weighted by Gasteiger charge is 2.42. The van der Waals surface area contributed by atoms with Gasteiger partial charge in [0.05, 0.1) is 18.6 Å². The van der Waals surface area contributed by atoms with E-state index in [1.807, 2.05) is 0 Å². The van der Waals surface area contributed by atoms with Crippen LogP contribution in [0.5, 0.6) is 0 Å². The van der Waals surface area contributed by atoms with Crippen LogP contribution in [0, 0.1) is 0 Å². The Morgan fingerprint density at radius 2 is 1.53 bits per heavy atom. The van der Waals surface area contributed by atoms with Gasteiger partial charge < -0.3 is 36.2 Å². The Morgan fingerprint density at radius 3 is 2.03 bits per heavy atom. The summed E-state index contributed by atoms with van der Waals surface area (Å²) >= 11 is 0. The van der Waals surface area contributed by atoms with Gasteiger partial charge in [0.2, 0.25) is 17.7 Å². The van der Waals surface area contributed by atoms with Crippen LogP contribution in [0.15, 0.2) is 0 Å². The molecule has 5 atom stereocenters. The summed E-state index contributed by atoms with van der Waals surface area (Å²) in [7, 11) is 0. The molecular formula is C18H28N4O8. The number of hydrogen-bond acceptors (Lipinski definition) is 7. The monoisotopic (exact) mass is 428 g/mol. The molecule has 0 spiro atoms. The lowest BCUT2D eigenvalue weighted by Crippen LogP contribution is -2.59. The lowest BCUT2D eigenvalue weighted by Gasteiger charge is -2.31. The van der Waals surface area contributed by atoms with E-state index >= 15 is 0 Å². The van der Waals surface area contributed by atoms with Crippen molar-refractivity contribution in [3.63, 3.8) is 0 Å². The highest BCUT2D eigenvalue weighted by Crippen LogP contribution is 2.21. The van der Waals surface area contributed by atoms with Gasteiger partial charge in [-0.05, 0) is 32.6 Å². The molecule has 5 unspecified atom stereocenters. The third kappa shape index (κ3) is 5.25. The first-order valence-electron chi connectivity index (χ1n) is 9.84. The van der Waals surface area contributed by atoms with Crippen LogP contribution in [0.3, 0.4) is 0 Å². The number of aliphatic carboxylic acids is 2. The van der Waals surface area contributed by atoms with Gasteiger partial charge in [-0.3, -0.25) is 19.2 Å². The molecule has 0 aromatic heterocycles. The van der Waals surface area contributed by atoms with Crippen molar-refractivity contribution in [3.8, 4) is 0 Å². The maximum Gasteiger partial charge on any atom is 0.326 e. The fraction of sp³-hybridized carbons (Fsp3) is 0.722. The Labute approximate surface area is 173 Å². The SMILES string of the molecule is CC(O)C(NC(=O)C1CCCN1C(=O)C(N)CC(=O)O)C(=O)N1CCCC1C(=O)O. The van der Waals surface area contributed by atoms with Gasteiger partial charge in [0.25, 0.3) is 0 Å². The van der Waals surface area contributed by atoms with Crippen LogP contribution in [-0.2, 0) is 24.0 Å². The minimum absolute atomic E-state index is 0.201. The first kappa shape index (κ1) is 23.5. The Balaban J connectivity index is 2.10. The normalized spacial score (nSPS) is 24.2. The molecule has 0 aliphatic carbocycles. The number of hydrogen-bond donors (Lipinski definition) is 5. The predicted molar refractivity (Wildman–Crippen MR) is 101 cm³/mol. The molecule has 6 N–H and O–H groups in total. The molecule has 12 heteroatoms. The summed E-state index contributed by atoms with van der Waals surface area (Å²) in [4.78, 5) is 62.5. The van der Waals surface area contributed by atoms with E-state index < -0.39 is 66.4 Å². The molecule has 0 aromatic rings. The summed E-state index contributed by atoms with van der Waals surface area (Å²) < 4.78 is 0. The first-order valence-corrected chi connectivity index (χ1v) is 9.84. The van der Waals surface area contributed by atoms with Crippen molar-refractivity contribution in [1.29, 1.82) is 0 Å². The predicted octanol–water partition coefficient (Wildman–Crippen LogP) is -2.28. The average molecular weight is 428 g/mol. The molecule has 2 aliphatic rings. The standard InChI is InChI=1S/C18H28N4O8/c1-9(23)14(17(28)22-7-3-5-12(22)18(29)30)20-15(26)11-4-2-6-21(11)16(27)10(19)8-13(24)25/h9-12,14,23H,2-8,19H2,1H3,(H,20,26)(H,24,25)(H,29,30). The van der Waals surface area contributed by atoms with Crippen LogP contribution < -0.4 is 11.1 Å². The number of carboxylic acids is 2. The number of amides is 3. The maximum absolute atomic E-state index is 12.8. The lowest BCUT2D eigenvalue weighted by atomic mass is 10.1. The van der Waals surface area contributed by atoms with Crippen molar-refractivity contribution in [3.05, 3.63) is 0 Å². The largest absolute Gasteiger partial charge is 0.481 e. The van der Waals surface area contributed by atoms with E-state index in [0.717, 1.165) is 4.90 Å². The summed E-state index contributed by atoms with van der Waals surface area (Å²) in [5, 5.41) is 30.6. The van der Waals surface area contributed by atoms with E-state index in [-0.39, 0.29) is 19.5 Å². The molecule has 168 valence electrons. The molecule has 0 saturated carbocycles. The third-order valence-electron chi connectivity index (χ3n) is 5.42. The molecule has 2 heterocycles. The van der Waals surface area contributed by atoms with Crippen LogP contribution in [-0.4, -0.2) is 98.1 Å². The highest BCUT2D eigenvalue weighted by atomic mass is 16.4. The zero-order chi connectivity index (χ0) is 22.6. The maximum atomic E-state index is 12.8. The highest BCUT2D eigenvalue weighted by molar-refractivity contribution is 5.95. The second kappa shape index (κ2) is 9.85. The topological polar surface area (TPSA) is 191 Å². The molecule has 0 bridgehead atoms. The van der Waals surface area contributed by atoms with Crippen molar-refractivity contribution >= 4 is 29.7 Å². The van der Waals surface area contributed by atoms with E-state index in [4.69, 9.17) is 10.8 Å². The quantitative estimate of drug-likeness (QED) is 0.283. The Morgan fingerprint density at radius 1 is 1.00 bits per heavy atom. The number of rotatable bonds is 8. The van der Waals surface area contributed by atoms with Gasteiger partial charge in [0.15, 0.2) is 0 Å². The number of carboxylic acid groups (broad SMARTS) is 2.